The Morgan fingerprint density at radius 2 is 1.25 bits per heavy atom. The number of carbonyl (C=O) groups is 1. The quantitative estimate of drug-likeness (QED) is 0.101. The van der Waals surface area contributed by atoms with Gasteiger partial charge in [0.05, 0.1) is 25.1 Å². The van der Waals surface area contributed by atoms with Crippen molar-refractivity contribution in [3.05, 3.63) is 0 Å². The van der Waals surface area contributed by atoms with Crippen LogP contribution in [-0.2, 0) is 4.79 Å². The van der Waals surface area contributed by atoms with Crippen molar-refractivity contribution >= 4 is 11.7 Å². The Morgan fingerprint density at radius 1 is 0.778 bits per heavy atom. The number of likely N-dealkylation sites (N-methyl/N-ethyl adjacent to an activating group) is 1. The van der Waals surface area contributed by atoms with Gasteiger partial charge in [-0.3, -0.25) is 9.79 Å². The van der Waals surface area contributed by atoms with Crippen molar-refractivity contribution in [3.8, 4) is 0 Å². The monoisotopic (exact) mass is 506 g/mol. The largest absolute Gasteiger partial charge is 0.355 e. The van der Waals surface area contributed by atoms with Crippen molar-refractivity contribution in [2.24, 2.45) is 10.7 Å². The molecular formula is C31H62N4O. The van der Waals surface area contributed by atoms with E-state index < -0.39 is 0 Å². The van der Waals surface area contributed by atoms with E-state index in [2.05, 4.69) is 25.7 Å². The molecule has 0 saturated carbocycles. The second kappa shape index (κ2) is 23.0. The molecule has 0 aromatic heterocycles. The maximum Gasteiger partial charge on any atom is 0.223 e. The van der Waals surface area contributed by atoms with Crippen LogP contribution in [0.5, 0.6) is 0 Å². The van der Waals surface area contributed by atoms with Gasteiger partial charge in [-0.1, -0.05) is 123 Å². The summed E-state index contributed by atoms with van der Waals surface area (Å²) in [4.78, 5) is 21.8. The number of nitrogens with zero attached hydrogens (tertiary/aromatic N) is 3. The predicted molar refractivity (Wildman–Crippen MR) is 158 cm³/mol. The first-order chi connectivity index (χ1) is 17.6. The van der Waals surface area contributed by atoms with Crippen molar-refractivity contribution in [1.29, 1.82) is 0 Å². The molecule has 2 N–H and O–H groups in total. The lowest BCUT2D eigenvalue weighted by Gasteiger charge is -2.32. The van der Waals surface area contributed by atoms with Crippen LogP contribution in [0.15, 0.2) is 4.99 Å². The zero-order valence-corrected chi connectivity index (χ0v) is 24.6. The molecule has 1 amide bonds. The van der Waals surface area contributed by atoms with Gasteiger partial charge in [0.15, 0.2) is 0 Å². The number of amides is 1. The molecule has 212 valence electrons. The lowest BCUT2D eigenvalue weighted by molar-refractivity contribution is -0.133. The van der Waals surface area contributed by atoms with Gasteiger partial charge in [-0.15, -0.1) is 0 Å². The molecule has 0 radical (unpaired) electrons. The van der Waals surface area contributed by atoms with Crippen LogP contribution >= 0.6 is 0 Å². The molecule has 1 aliphatic heterocycles. The number of amidine groups is 1. The Kier molecular flexibility index (Phi) is 21.1. The average molecular weight is 507 g/mol. The first kappa shape index (κ1) is 32.9. The molecule has 1 heterocycles. The van der Waals surface area contributed by atoms with E-state index in [1.54, 1.807) is 0 Å². The number of aliphatic imine (C=N–C) groups is 1. The SMILES string of the molecule is CCCCCCCCCCCCC1=NCCN1CC(N)N(CC)C(=O)CCCCCCCCCCC. The fraction of sp³-hybridized carbons (Fsp3) is 0.935. The third kappa shape index (κ3) is 15.9. The molecule has 0 aliphatic carbocycles. The van der Waals surface area contributed by atoms with E-state index in [1.807, 2.05) is 4.90 Å². The van der Waals surface area contributed by atoms with E-state index in [-0.39, 0.29) is 12.1 Å². The van der Waals surface area contributed by atoms with Gasteiger partial charge in [-0.25, -0.2) is 0 Å². The average Bonchev–Trinajstić information content (AvgIpc) is 3.31. The van der Waals surface area contributed by atoms with E-state index >= 15 is 0 Å². The van der Waals surface area contributed by atoms with Crippen LogP contribution in [0.2, 0.25) is 0 Å². The Labute approximate surface area is 225 Å². The minimum absolute atomic E-state index is 0.223. The van der Waals surface area contributed by atoms with Crippen LogP contribution in [0.1, 0.15) is 156 Å². The number of nitrogens with two attached hydrogens (primary N) is 1. The van der Waals surface area contributed by atoms with Crippen molar-refractivity contribution in [1.82, 2.24) is 9.80 Å². The summed E-state index contributed by atoms with van der Waals surface area (Å²) >= 11 is 0. The van der Waals surface area contributed by atoms with Crippen molar-refractivity contribution in [3.63, 3.8) is 0 Å². The van der Waals surface area contributed by atoms with E-state index in [0.717, 1.165) is 32.4 Å². The molecular weight excluding hydrogens is 444 g/mol. The third-order valence-electron chi connectivity index (χ3n) is 7.75. The number of carbonyl (C=O) groups excluding carboxylic acids is 1. The highest BCUT2D eigenvalue weighted by Gasteiger charge is 2.24. The zero-order chi connectivity index (χ0) is 26.3. The maximum absolute atomic E-state index is 12.8. The molecule has 0 fully saturated rings. The second-order valence-corrected chi connectivity index (χ2v) is 11.0. The summed E-state index contributed by atoms with van der Waals surface area (Å²) in [6.07, 6.45) is 26.5. The molecule has 0 saturated heterocycles. The summed E-state index contributed by atoms with van der Waals surface area (Å²) < 4.78 is 0. The number of hydrogen-bond donors (Lipinski definition) is 1. The van der Waals surface area contributed by atoms with Crippen LogP contribution in [0.4, 0.5) is 0 Å². The summed E-state index contributed by atoms with van der Waals surface area (Å²) in [5.74, 6) is 1.44. The van der Waals surface area contributed by atoms with Gasteiger partial charge in [0.1, 0.15) is 0 Å². The van der Waals surface area contributed by atoms with E-state index in [1.165, 1.54) is 115 Å². The Balaban J connectivity index is 2.17. The second-order valence-electron chi connectivity index (χ2n) is 11.0. The van der Waals surface area contributed by atoms with Crippen LogP contribution in [0, 0.1) is 0 Å². The first-order valence-electron chi connectivity index (χ1n) is 16.0. The minimum Gasteiger partial charge on any atom is -0.355 e. The van der Waals surface area contributed by atoms with Gasteiger partial charge in [0.2, 0.25) is 5.91 Å². The minimum atomic E-state index is -0.239. The van der Waals surface area contributed by atoms with Gasteiger partial charge in [-0.2, -0.15) is 0 Å². The molecule has 36 heavy (non-hydrogen) atoms. The molecule has 0 spiro atoms. The third-order valence-corrected chi connectivity index (χ3v) is 7.75. The van der Waals surface area contributed by atoms with Crippen LogP contribution in [0.25, 0.3) is 0 Å². The molecule has 1 rings (SSSR count). The summed E-state index contributed by atoms with van der Waals surface area (Å²) in [5.41, 5.74) is 6.54. The standard InChI is InChI=1S/C31H62N4O/c1-4-7-9-11-13-15-17-18-20-22-24-30-33-26-27-34(30)28-29(32)35(6-3)31(36)25-23-21-19-16-14-12-10-8-5-2/h29H,4-28,32H2,1-3H3. The van der Waals surface area contributed by atoms with Gasteiger partial charge in [-0.05, 0) is 19.8 Å². The lowest BCUT2D eigenvalue weighted by atomic mass is 10.1. The maximum atomic E-state index is 12.8. The van der Waals surface area contributed by atoms with Gasteiger partial charge in [0, 0.05) is 25.9 Å². The topological polar surface area (TPSA) is 61.9 Å². The molecule has 5 nitrogen and oxygen atoms in total. The first-order valence-corrected chi connectivity index (χ1v) is 16.0. The Morgan fingerprint density at radius 3 is 1.75 bits per heavy atom. The highest BCUT2D eigenvalue weighted by Crippen LogP contribution is 2.15. The highest BCUT2D eigenvalue weighted by molar-refractivity contribution is 5.84. The lowest BCUT2D eigenvalue weighted by Crippen LogP contribution is -2.52. The van der Waals surface area contributed by atoms with Crippen LogP contribution in [0.3, 0.4) is 0 Å². The molecule has 0 aromatic rings. The van der Waals surface area contributed by atoms with Gasteiger partial charge >= 0.3 is 0 Å². The van der Waals surface area contributed by atoms with Gasteiger partial charge in [0.25, 0.3) is 0 Å². The van der Waals surface area contributed by atoms with Crippen molar-refractivity contribution in [2.45, 2.75) is 162 Å². The number of unbranched alkanes of at least 4 members (excludes halogenated alkanes) is 17. The fourth-order valence-corrected chi connectivity index (χ4v) is 5.38. The van der Waals surface area contributed by atoms with Crippen LogP contribution < -0.4 is 5.73 Å². The predicted octanol–water partition coefficient (Wildman–Crippen LogP) is 8.07. The molecule has 1 atom stereocenters. The summed E-state index contributed by atoms with van der Waals surface area (Å²) in [7, 11) is 0. The summed E-state index contributed by atoms with van der Waals surface area (Å²) in [6, 6.07) is 0. The normalized spacial score (nSPS) is 14.3. The smallest absolute Gasteiger partial charge is 0.223 e. The van der Waals surface area contributed by atoms with E-state index in [0.29, 0.717) is 19.5 Å². The Hall–Kier alpha value is -1.10. The molecule has 5 heteroatoms. The fourth-order valence-electron chi connectivity index (χ4n) is 5.38. The van der Waals surface area contributed by atoms with Crippen molar-refractivity contribution in [2.75, 3.05) is 26.2 Å². The zero-order valence-electron chi connectivity index (χ0n) is 24.6. The highest BCUT2D eigenvalue weighted by atomic mass is 16.2. The molecule has 0 aromatic carbocycles. The summed E-state index contributed by atoms with van der Waals surface area (Å²) in [6.45, 7) is 9.83. The Bertz CT molecular complexity index is 551. The molecule has 1 unspecified atom stereocenters. The summed E-state index contributed by atoms with van der Waals surface area (Å²) in [5, 5.41) is 0. The van der Waals surface area contributed by atoms with Crippen molar-refractivity contribution < 1.29 is 4.79 Å². The van der Waals surface area contributed by atoms with Gasteiger partial charge < -0.3 is 15.5 Å². The van der Waals surface area contributed by atoms with E-state index in [4.69, 9.17) is 10.7 Å². The number of hydrogen-bond acceptors (Lipinski definition) is 4. The van der Waals surface area contributed by atoms with E-state index in [9.17, 15) is 4.79 Å². The number of rotatable bonds is 25. The molecule has 1 aliphatic rings. The van der Waals surface area contributed by atoms with Crippen LogP contribution in [-0.4, -0.2) is 53.9 Å². The molecule has 0 bridgehead atoms.